The molecule has 1 aromatic carbocycles. The van der Waals surface area contributed by atoms with E-state index in [1.165, 1.54) is 0 Å². The van der Waals surface area contributed by atoms with Gasteiger partial charge >= 0.3 is 0 Å². The Morgan fingerprint density at radius 3 is 2.22 bits per heavy atom. The van der Waals surface area contributed by atoms with Crippen molar-refractivity contribution in [2.24, 2.45) is 0 Å². The molecule has 0 fully saturated rings. The first kappa shape index (κ1) is 26.5. The molecule has 4 N–H and O–H groups in total. The van der Waals surface area contributed by atoms with Crippen LogP contribution in [-0.4, -0.2) is 27.4 Å². The van der Waals surface area contributed by atoms with Crippen LogP contribution in [0.3, 0.4) is 0 Å². The first-order valence-electron chi connectivity index (χ1n) is 13.6. The van der Waals surface area contributed by atoms with Gasteiger partial charge in [-0.05, 0) is 49.1 Å². The summed E-state index contributed by atoms with van der Waals surface area (Å²) in [7, 11) is 1.14. The lowest BCUT2D eigenvalue weighted by molar-refractivity contribution is 0.334. The lowest BCUT2D eigenvalue weighted by atomic mass is 9.67. The van der Waals surface area contributed by atoms with Crippen LogP contribution in [0, 0.1) is 10.4 Å². The fourth-order valence-corrected chi connectivity index (χ4v) is 6.72. The summed E-state index contributed by atoms with van der Waals surface area (Å²) < 4.78 is 4.91. The average Bonchev–Trinajstić information content (AvgIpc) is 3.15. The van der Waals surface area contributed by atoms with Gasteiger partial charge in [0.2, 0.25) is 16.3 Å². The monoisotopic (exact) mass is 557 g/mol. The second-order valence-corrected chi connectivity index (χ2v) is 10.8. The molecule has 4 aliphatic carbocycles. The molecule has 0 amide bonds. The molecule has 0 saturated carbocycles. The first-order valence-corrected chi connectivity index (χ1v) is 13.6. The van der Waals surface area contributed by atoms with Crippen molar-refractivity contribution >= 4 is 22.3 Å². The number of aromatic nitrogens is 1. The molecule has 10 heteroatoms. The predicted molar refractivity (Wildman–Crippen MR) is 151 cm³/mol. The third kappa shape index (κ3) is 3.39. The molecule has 1 aromatic heterocycles. The minimum Gasteiger partial charge on any atom is -0.510 e. The fourth-order valence-electron chi connectivity index (χ4n) is 6.72. The number of ether oxygens (including phenoxy) is 1. The van der Waals surface area contributed by atoms with Crippen LogP contribution in [0.15, 0.2) is 42.2 Å². The molecule has 1 spiro atoms. The van der Waals surface area contributed by atoms with Gasteiger partial charge in [-0.3, -0.25) is 24.0 Å². The minimum atomic E-state index is -1.92. The molecule has 2 aromatic rings. The Labute approximate surface area is 230 Å². The number of aromatic hydroxyl groups is 1. The van der Waals surface area contributed by atoms with E-state index in [0.717, 1.165) is 32.4 Å². The van der Waals surface area contributed by atoms with Crippen LogP contribution < -0.4 is 42.4 Å². The number of benzene rings is 1. The van der Waals surface area contributed by atoms with Crippen molar-refractivity contribution in [2.45, 2.75) is 57.3 Å². The van der Waals surface area contributed by atoms with E-state index in [4.69, 9.17) is 4.74 Å². The van der Waals surface area contributed by atoms with E-state index in [1.54, 1.807) is 12.1 Å². The molecule has 1 atom stereocenters. The number of hydrogen-bond donors (Lipinski definition) is 4. The second-order valence-electron chi connectivity index (χ2n) is 10.8. The van der Waals surface area contributed by atoms with Crippen LogP contribution in [0.25, 0.3) is 22.3 Å². The van der Waals surface area contributed by atoms with Gasteiger partial charge in [0.1, 0.15) is 22.7 Å². The van der Waals surface area contributed by atoms with E-state index in [2.05, 4.69) is 11.9 Å². The minimum absolute atomic E-state index is 0.00850. The molecule has 4 aliphatic rings. The summed E-state index contributed by atoms with van der Waals surface area (Å²) in [5.74, 6) is -2.34. The standard InChI is InChI=1S/C31H27NO9/c1-3-4-5-8-15-11-14-10-13-7-6-9-31(23(13)27(37)18(14)30(40)32-15)28(38)21-22(29(31)39)26(36)20-19(25(21)35)16(33)12-17(41-2)24(20)34/h10-12,37-39H,3-9H2,1-2H3,(H,32,40). The van der Waals surface area contributed by atoms with E-state index in [-0.39, 0.29) is 17.4 Å². The van der Waals surface area contributed by atoms with Gasteiger partial charge in [-0.1, -0.05) is 25.8 Å². The van der Waals surface area contributed by atoms with Crippen LogP contribution >= 0.6 is 0 Å². The van der Waals surface area contributed by atoms with Gasteiger partial charge in [0, 0.05) is 17.3 Å². The van der Waals surface area contributed by atoms with Crippen LogP contribution in [0.2, 0.25) is 0 Å². The third-order valence-electron chi connectivity index (χ3n) is 8.59. The van der Waals surface area contributed by atoms with E-state index in [9.17, 15) is 39.3 Å². The maximum atomic E-state index is 13.6. The summed E-state index contributed by atoms with van der Waals surface area (Å²) in [6.07, 6.45) is 4.36. The van der Waals surface area contributed by atoms with Gasteiger partial charge < -0.3 is 25.0 Å². The number of phenols is 1. The van der Waals surface area contributed by atoms with E-state index < -0.39 is 76.6 Å². The highest BCUT2D eigenvalue weighted by molar-refractivity contribution is 5.93. The summed E-state index contributed by atoms with van der Waals surface area (Å²) >= 11 is 0. The number of hydrogen-bond acceptors (Lipinski definition) is 9. The smallest absolute Gasteiger partial charge is 0.259 e. The number of methoxy groups -OCH3 is 1. The number of pyridine rings is 1. The average molecular weight is 558 g/mol. The summed E-state index contributed by atoms with van der Waals surface area (Å²) in [5, 5.41) is 32.6. The molecular weight excluding hydrogens is 530 g/mol. The molecule has 0 aliphatic heterocycles. The number of unbranched alkanes of at least 4 members (excludes halogenated alkanes) is 2. The van der Waals surface area contributed by atoms with Crippen molar-refractivity contribution < 1.29 is 20.1 Å². The van der Waals surface area contributed by atoms with Gasteiger partial charge in [0.25, 0.3) is 5.56 Å². The first-order chi connectivity index (χ1) is 19.6. The van der Waals surface area contributed by atoms with Gasteiger partial charge in [-0.15, -0.1) is 0 Å². The number of phenolic OH excluding ortho intramolecular Hbond substituents is 1. The fraction of sp³-hybridized carbons (Fsp3) is 0.323. The van der Waals surface area contributed by atoms with Crippen molar-refractivity contribution in [1.29, 1.82) is 0 Å². The van der Waals surface area contributed by atoms with Crippen molar-refractivity contribution in [3.8, 4) is 11.5 Å². The maximum absolute atomic E-state index is 13.6. The van der Waals surface area contributed by atoms with Crippen LogP contribution in [0.5, 0.6) is 11.5 Å². The van der Waals surface area contributed by atoms with Crippen LogP contribution in [-0.2, 0) is 18.3 Å². The summed E-state index contributed by atoms with van der Waals surface area (Å²) in [4.78, 5) is 69.0. The zero-order chi connectivity index (χ0) is 29.4. The Morgan fingerprint density at radius 2 is 1.56 bits per heavy atom. The van der Waals surface area contributed by atoms with E-state index in [1.807, 2.05) is 0 Å². The molecule has 10 nitrogen and oxygen atoms in total. The molecule has 0 bridgehead atoms. The molecule has 210 valence electrons. The number of aryl methyl sites for hydroxylation is 2. The van der Waals surface area contributed by atoms with Gasteiger partial charge in [0.15, 0.2) is 11.2 Å². The molecule has 1 unspecified atom stereocenters. The number of H-pyrrole nitrogens is 1. The van der Waals surface area contributed by atoms with Crippen molar-refractivity contribution in [3.05, 3.63) is 107 Å². The van der Waals surface area contributed by atoms with Crippen molar-refractivity contribution in [1.82, 2.24) is 4.98 Å². The number of aliphatic hydroxyl groups excluding tert-OH is 2. The zero-order valence-corrected chi connectivity index (χ0v) is 22.5. The Balaban J connectivity index is 1.73. The highest BCUT2D eigenvalue weighted by atomic mass is 16.5. The highest BCUT2D eigenvalue weighted by Crippen LogP contribution is 2.52. The Morgan fingerprint density at radius 1 is 0.878 bits per heavy atom. The normalized spacial score (nSPS) is 17.9. The van der Waals surface area contributed by atoms with Gasteiger partial charge in [-0.2, -0.15) is 0 Å². The highest BCUT2D eigenvalue weighted by Gasteiger charge is 2.51. The number of nitrogens with one attached hydrogen (secondary N) is 1. The Hall–Kier alpha value is -4.73. The Bertz CT molecular complexity index is 2280. The van der Waals surface area contributed by atoms with Crippen molar-refractivity contribution in [3.63, 3.8) is 0 Å². The lowest BCUT2D eigenvalue weighted by Crippen LogP contribution is -2.51. The summed E-state index contributed by atoms with van der Waals surface area (Å²) in [6.45, 7) is 2.08. The summed E-state index contributed by atoms with van der Waals surface area (Å²) in [5.41, 5.74) is -5.33. The largest absolute Gasteiger partial charge is 0.510 e. The molecule has 1 heterocycles. The third-order valence-corrected chi connectivity index (χ3v) is 8.59. The van der Waals surface area contributed by atoms with E-state index in [0.29, 0.717) is 35.9 Å². The lowest BCUT2D eigenvalue weighted by Gasteiger charge is -2.37. The van der Waals surface area contributed by atoms with Crippen LogP contribution in [0.4, 0.5) is 0 Å². The van der Waals surface area contributed by atoms with E-state index >= 15 is 0 Å². The molecule has 41 heavy (non-hydrogen) atoms. The quantitative estimate of drug-likeness (QED) is 0.257. The predicted octanol–water partition coefficient (Wildman–Crippen LogP) is 0.636. The summed E-state index contributed by atoms with van der Waals surface area (Å²) in [6, 6.07) is 4.32. The number of aromatic amines is 1. The van der Waals surface area contributed by atoms with Gasteiger partial charge in [0.05, 0.1) is 33.4 Å². The number of rotatable bonds is 5. The molecule has 6 rings (SSSR count). The number of fused-ring (bicyclic) bond motifs is 4. The van der Waals surface area contributed by atoms with Crippen LogP contribution in [0.1, 0.15) is 55.8 Å². The Kier molecular flexibility index (Phi) is 5.91. The van der Waals surface area contributed by atoms with Gasteiger partial charge in [-0.25, -0.2) is 0 Å². The number of aliphatic hydroxyl groups is 2. The van der Waals surface area contributed by atoms with Crippen molar-refractivity contribution in [2.75, 3.05) is 7.11 Å². The topological polar surface area (TPSA) is 171 Å². The molecule has 0 radical (unpaired) electrons. The maximum Gasteiger partial charge on any atom is 0.259 e. The SMILES string of the molecule is CCCCCc1cc2cc3c(c(O)c2c(=O)[nH]1)C1(CCC3)C(O)=c2c(=O)c3c(=O)cc(OC)c(=O)c=3c(=O)c2=C1O. The second kappa shape index (κ2) is 9.15. The zero-order valence-electron chi connectivity index (χ0n) is 22.5. The molecular formula is C31H27NO9. The molecule has 0 saturated heterocycles.